The lowest BCUT2D eigenvalue weighted by Crippen LogP contribution is -1.91. The molecule has 0 radical (unpaired) electrons. The molecule has 0 aliphatic heterocycles. The molecule has 2 N–H and O–H groups in total. The highest BCUT2D eigenvalue weighted by molar-refractivity contribution is 6.31. The first kappa shape index (κ1) is 7.57. The summed E-state index contributed by atoms with van der Waals surface area (Å²) in [7, 11) is 0. The highest BCUT2D eigenvalue weighted by Crippen LogP contribution is 2.04. The zero-order valence-electron chi connectivity index (χ0n) is 5.11. The van der Waals surface area contributed by atoms with E-state index in [2.05, 4.69) is 0 Å². The maximum atomic E-state index is 5.58. The van der Waals surface area contributed by atoms with E-state index in [-0.39, 0.29) is 0 Å². The van der Waals surface area contributed by atoms with Crippen LogP contribution in [0.4, 0.5) is 0 Å². The predicted octanol–water partition coefficient (Wildman–Crippen LogP) is 1.99. The topological polar surface area (TPSA) is 26.0 Å². The van der Waals surface area contributed by atoms with E-state index in [1.807, 2.05) is 13.0 Å². The molecule has 2 heteroatoms. The Morgan fingerprint density at radius 2 is 2.12 bits per heavy atom. The van der Waals surface area contributed by atoms with Crippen LogP contribution in [-0.4, -0.2) is 0 Å². The zero-order chi connectivity index (χ0) is 6.57. The van der Waals surface area contributed by atoms with Gasteiger partial charge in [-0.2, -0.15) is 0 Å². The Kier molecular flexibility index (Phi) is 3.37. The standard InChI is InChI=1S/C6H10ClN/c1-3-4-6(7)5(2)8/h3-4H,8H2,1-2H3/b4-3-,6-5-. The van der Waals surface area contributed by atoms with Gasteiger partial charge in [0.2, 0.25) is 0 Å². The molecule has 0 spiro atoms. The van der Waals surface area contributed by atoms with Crippen LogP contribution in [0.3, 0.4) is 0 Å². The van der Waals surface area contributed by atoms with Crippen molar-refractivity contribution in [2.75, 3.05) is 0 Å². The molecule has 0 aromatic heterocycles. The third kappa shape index (κ3) is 2.69. The van der Waals surface area contributed by atoms with Crippen LogP contribution in [-0.2, 0) is 0 Å². The monoisotopic (exact) mass is 131 g/mol. The molecule has 0 heterocycles. The van der Waals surface area contributed by atoms with E-state index >= 15 is 0 Å². The maximum absolute atomic E-state index is 5.58. The highest BCUT2D eigenvalue weighted by Gasteiger charge is 1.84. The third-order valence-corrected chi connectivity index (χ3v) is 1.11. The van der Waals surface area contributed by atoms with Gasteiger partial charge in [0.15, 0.2) is 0 Å². The Bertz CT molecular complexity index is 120. The third-order valence-electron chi connectivity index (χ3n) is 0.690. The van der Waals surface area contributed by atoms with Gasteiger partial charge in [0.25, 0.3) is 0 Å². The molecule has 0 amide bonds. The second-order valence-electron chi connectivity index (χ2n) is 1.53. The summed E-state index contributed by atoms with van der Waals surface area (Å²) < 4.78 is 0. The fraction of sp³-hybridized carbons (Fsp3) is 0.333. The van der Waals surface area contributed by atoms with Gasteiger partial charge in [0.05, 0.1) is 5.03 Å². The second-order valence-corrected chi connectivity index (χ2v) is 1.94. The van der Waals surface area contributed by atoms with Gasteiger partial charge in [0.1, 0.15) is 0 Å². The van der Waals surface area contributed by atoms with Crippen LogP contribution in [0, 0.1) is 0 Å². The van der Waals surface area contributed by atoms with Crippen LogP contribution in [0.5, 0.6) is 0 Å². The minimum absolute atomic E-state index is 0.618. The van der Waals surface area contributed by atoms with E-state index in [0.717, 1.165) is 0 Å². The van der Waals surface area contributed by atoms with Crippen molar-refractivity contribution in [1.29, 1.82) is 0 Å². The van der Waals surface area contributed by atoms with Crippen LogP contribution < -0.4 is 5.73 Å². The quantitative estimate of drug-likeness (QED) is 0.542. The van der Waals surface area contributed by atoms with E-state index in [0.29, 0.717) is 10.7 Å². The Balaban J connectivity index is 4.00. The van der Waals surface area contributed by atoms with Crippen molar-refractivity contribution in [3.8, 4) is 0 Å². The SMILES string of the molecule is C/C=C\C(Cl)=C(/C)N. The zero-order valence-corrected chi connectivity index (χ0v) is 5.87. The Morgan fingerprint density at radius 1 is 1.62 bits per heavy atom. The van der Waals surface area contributed by atoms with Crippen LogP contribution >= 0.6 is 11.6 Å². The molecule has 46 valence electrons. The summed E-state index contributed by atoms with van der Waals surface area (Å²) in [6.07, 6.45) is 3.61. The normalized spacial score (nSPS) is 14.4. The first-order valence-electron chi connectivity index (χ1n) is 2.43. The molecule has 0 rings (SSSR count). The van der Waals surface area contributed by atoms with Gasteiger partial charge in [-0.15, -0.1) is 0 Å². The van der Waals surface area contributed by atoms with Crippen molar-refractivity contribution in [3.63, 3.8) is 0 Å². The molecule has 0 bridgehead atoms. The molecule has 1 nitrogen and oxygen atoms in total. The Labute approximate surface area is 54.8 Å². The van der Waals surface area contributed by atoms with Crippen molar-refractivity contribution in [2.45, 2.75) is 13.8 Å². The lowest BCUT2D eigenvalue weighted by atomic mass is 10.4. The van der Waals surface area contributed by atoms with E-state index in [9.17, 15) is 0 Å². The van der Waals surface area contributed by atoms with Crippen molar-refractivity contribution in [3.05, 3.63) is 22.9 Å². The first-order valence-corrected chi connectivity index (χ1v) is 2.80. The average Bonchev–Trinajstić information content (AvgIpc) is 1.67. The maximum Gasteiger partial charge on any atom is 0.0587 e. The second kappa shape index (κ2) is 3.56. The van der Waals surface area contributed by atoms with E-state index < -0.39 is 0 Å². The molecule has 0 unspecified atom stereocenters. The number of hydrogen-bond acceptors (Lipinski definition) is 1. The van der Waals surface area contributed by atoms with Gasteiger partial charge < -0.3 is 5.73 Å². The van der Waals surface area contributed by atoms with Crippen molar-refractivity contribution >= 4 is 11.6 Å². The van der Waals surface area contributed by atoms with Crippen molar-refractivity contribution in [2.24, 2.45) is 5.73 Å². The summed E-state index contributed by atoms with van der Waals surface area (Å²) in [5, 5.41) is 0.618. The van der Waals surface area contributed by atoms with Gasteiger partial charge in [-0.1, -0.05) is 17.7 Å². The molecule has 0 aromatic carbocycles. The van der Waals surface area contributed by atoms with Crippen LogP contribution in [0.25, 0.3) is 0 Å². The number of nitrogens with two attached hydrogens (primary N) is 1. The molecular formula is C6H10ClN. The fourth-order valence-corrected chi connectivity index (χ4v) is 0.404. The molecule has 0 saturated heterocycles. The van der Waals surface area contributed by atoms with E-state index in [4.69, 9.17) is 17.3 Å². The summed E-state index contributed by atoms with van der Waals surface area (Å²) in [6, 6.07) is 0. The molecule has 0 atom stereocenters. The largest absolute Gasteiger partial charge is 0.401 e. The Morgan fingerprint density at radius 3 is 2.25 bits per heavy atom. The molecule has 8 heavy (non-hydrogen) atoms. The summed E-state index contributed by atoms with van der Waals surface area (Å²) in [5.41, 5.74) is 5.98. The number of halogens is 1. The summed E-state index contributed by atoms with van der Waals surface area (Å²) in [4.78, 5) is 0. The van der Waals surface area contributed by atoms with Gasteiger partial charge in [0, 0.05) is 5.70 Å². The lowest BCUT2D eigenvalue weighted by Gasteiger charge is -1.89. The minimum atomic E-state index is 0.618. The predicted molar refractivity (Wildman–Crippen MR) is 37.6 cm³/mol. The summed E-state index contributed by atoms with van der Waals surface area (Å²) in [5.74, 6) is 0. The summed E-state index contributed by atoms with van der Waals surface area (Å²) in [6.45, 7) is 3.66. The van der Waals surface area contributed by atoms with Gasteiger partial charge in [-0.3, -0.25) is 0 Å². The molecular weight excluding hydrogens is 122 g/mol. The van der Waals surface area contributed by atoms with Crippen LogP contribution in [0.15, 0.2) is 22.9 Å². The fourth-order valence-electron chi connectivity index (χ4n) is 0.278. The minimum Gasteiger partial charge on any atom is -0.401 e. The molecule has 0 aromatic rings. The number of hydrogen-bond donors (Lipinski definition) is 1. The summed E-state index contributed by atoms with van der Waals surface area (Å²) >= 11 is 5.58. The lowest BCUT2D eigenvalue weighted by molar-refractivity contribution is 1.30. The van der Waals surface area contributed by atoms with Crippen molar-refractivity contribution < 1.29 is 0 Å². The number of rotatable bonds is 1. The molecule has 0 aliphatic rings. The van der Waals surface area contributed by atoms with Crippen LogP contribution in [0.1, 0.15) is 13.8 Å². The average molecular weight is 132 g/mol. The highest BCUT2D eigenvalue weighted by atomic mass is 35.5. The van der Waals surface area contributed by atoms with Gasteiger partial charge in [-0.05, 0) is 19.9 Å². The molecule has 0 fully saturated rings. The van der Waals surface area contributed by atoms with Gasteiger partial charge in [-0.25, -0.2) is 0 Å². The van der Waals surface area contributed by atoms with E-state index in [1.54, 1.807) is 13.0 Å². The van der Waals surface area contributed by atoms with Crippen molar-refractivity contribution in [1.82, 2.24) is 0 Å². The number of allylic oxidation sites excluding steroid dienone is 4. The molecule has 0 aliphatic carbocycles. The molecule has 0 saturated carbocycles. The first-order chi connectivity index (χ1) is 3.68. The Hall–Kier alpha value is -0.430. The van der Waals surface area contributed by atoms with Gasteiger partial charge >= 0.3 is 0 Å². The van der Waals surface area contributed by atoms with Crippen LogP contribution in [0.2, 0.25) is 0 Å². The smallest absolute Gasteiger partial charge is 0.0587 e. The van der Waals surface area contributed by atoms with E-state index in [1.165, 1.54) is 0 Å².